The standard InChI is InChI=1S/C13H9F2N3O4/c14-7-5-8(15)11(18(21)22)6-10(7)17-12(19)9-3-1-2-4-16(9)13(17)20/h3,5-6H,1-2,4H2. The van der Waals surface area contributed by atoms with E-state index >= 15 is 0 Å². The van der Waals surface area contributed by atoms with E-state index in [1.54, 1.807) is 6.08 Å². The van der Waals surface area contributed by atoms with Crippen molar-refractivity contribution >= 4 is 23.3 Å². The molecule has 1 saturated heterocycles. The van der Waals surface area contributed by atoms with Crippen molar-refractivity contribution in [2.45, 2.75) is 12.8 Å². The Bertz CT molecular complexity index is 747. The van der Waals surface area contributed by atoms with Gasteiger partial charge in [0.15, 0.2) is 5.82 Å². The zero-order valence-corrected chi connectivity index (χ0v) is 11.1. The van der Waals surface area contributed by atoms with Crippen molar-refractivity contribution in [3.8, 4) is 0 Å². The van der Waals surface area contributed by atoms with Gasteiger partial charge >= 0.3 is 11.7 Å². The molecule has 2 aliphatic rings. The Balaban J connectivity index is 2.12. The number of anilines is 1. The van der Waals surface area contributed by atoms with E-state index in [4.69, 9.17) is 0 Å². The molecule has 1 fully saturated rings. The van der Waals surface area contributed by atoms with Crippen LogP contribution in [0.1, 0.15) is 12.8 Å². The maximum absolute atomic E-state index is 13.9. The maximum atomic E-state index is 13.9. The predicted octanol–water partition coefficient (Wildman–Crippen LogP) is 2.32. The lowest BCUT2D eigenvalue weighted by atomic mass is 10.2. The summed E-state index contributed by atoms with van der Waals surface area (Å²) in [5.74, 6) is -3.36. The number of carbonyl (C=O) groups excluding carboxylic acids is 2. The summed E-state index contributed by atoms with van der Waals surface area (Å²) in [5.41, 5.74) is -1.52. The second-order valence-corrected chi connectivity index (χ2v) is 4.82. The van der Waals surface area contributed by atoms with Crippen LogP contribution in [0, 0.1) is 21.7 Å². The van der Waals surface area contributed by atoms with Gasteiger partial charge in [-0.3, -0.25) is 19.8 Å². The molecule has 3 amide bonds. The van der Waals surface area contributed by atoms with Crippen molar-refractivity contribution in [2.75, 3.05) is 11.4 Å². The van der Waals surface area contributed by atoms with Gasteiger partial charge < -0.3 is 0 Å². The fourth-order valence-electron chi connectivity index (χ4n) is 2.49. The molecule has 9 heteroatoms. The Morgan fingerprint density at radius 1 is 1.18 bits per heavy atom. The number of hydrogen-bond donors (Lipinski definition) is 0. The molecule has 0 unspecified atom stereocenters. The van der Waals surface area contributed by atoms with Crippen LogP contribution in [-0.4, -0.2) is 28.3 Å². The summed E-state index contributed by atoms with van der Waals surface area (Å²) in [4.78, 5) is 35.8. The molecule has 2 heterocycles. The number of halogens is 2. The molecule has 2 aliphatic heterocycles. The van der Waals surface area contributed by atoms with Crippen LogP contribution in [0.2, 0.25) is 0 Å². The number of imide groups is 1. The van der Waals surface area contributed by atoms with E-state index in [2.05, 4.69) is 0 Å². The fraction of sp³-hybridized carbons (Fsp3) is 0.231. The van der Waals surface area contributed by atoms with Crippen LogP contribution < -0.4 is 4.90 Å². The second kappa shape index (κ2) is 4.86. The van der Waals surface area contributed by atoms with Crippen LogP contribution in [0.25, 0.3) is 0 Å². The number of hydrogen-bond acceptors (Lipinski definition) is 4. The first kappa shape index (κ1) is 14.1. The minimum absolute atomic E-state index is 0.114. The zero-order valence-electron chi connectivity index (χ0n) is 11.1. The van der Waals surface area contributed by atoms with E-state index in [1.165, 1.54) is 4.90 Å². The molecule has 0 radical (unpaired) electrons. The highest BCUT2D eigenvalue weighted by Gasteiger charge is 2.44. The number of nitrogens with zero attached hydrogens (tertiary/aromatic N) is 3. The minimum atomic E-state index is -1.37. The minimum Gasteiger partial charge on any atom is -0.289 e. The molecule has 0 bridgehead atoms. The molecule has 114 valence electrons. The molecule has 1 aromatic carbocycles. The Kier molecular flexibility index (Phi) is 3.12. The van der Waals surface area contributed by atoms with Crippen molar-refractivity contribution in [1.29, 1.82) is 0 Å². The number of nitro benzene ring substituents is 1. The first-order chi connectivity index (χ1) is 10.4. The Morgan fingerprint density at radius 3 is 2.55 bits per heavy atom. The van der Waals surface area contributed by atoms with Gasteiger partial charge in [-0.25, -0.2) is 14.1 Å². The van der Waals surface area contributed by atoms with Crippen molar-refractivity contribution in [1.82, 2.24) is 4.90 Å². The second-order valence-electron chi connectivity index (χ2n) is 4.82. The van der Waals surface area contributed by atoms with E-state index in [9.17, 15) is 28.5 Å². The molecule has 1 aromatic rings. The molecule has 0 atom stereocenters. The summed E-state index contributed by atoms with van der Waals surface area (Å²) in [6.07, 6.45) is 2.81. The van der Waals surface area contributed by atoms with E-state index in [-0.39, 0.29) is 5.70 Å². The Morgan fingerprint density at radius 2 is 1.91 bits per heavy atom. The molecule has 0 aromatic heterocycles. The zero-order chi connectivity index (χ0) is 16.0. The topological polar surface area (TPSA) is 83.8 Å². The first-order valence-electron chi connectivity index (χ1n) is 6.41. The molecule has 0 saturated carbocycles. The average Bonchev–Trinajstić information content (AvgIpc) is 2.72. The average molecular weight is 309 g/mol. The van der Waals surface area contributed by atoms with Gasteiger partial charge in [0, 0.05) is 18.7 Å². The number of benzene rings is 1. The summed E-state index contributed by atoms with van der Waals surface area (Å²) in [7, 11) is 0. The number of allylic oxidation sites excluding steroid dienone is 1. The Hall–Kier alpha value is -2.84. The van der Waals surface area contributed by atoms with Gasteiger partial charge in [0.2, 0.25) is 5.82 Å². The Labute approximate surface area is 122 Å². The highest BCUT2D eigenvalue weighted by molar-refractivity contribution is 6.27. The molecule has 22 heavy (non-hydrogen) atoms. The molecule has 0 N–H and O–H groups in total. The van der Waals surface area contributed by atoms with Crippen LogP contribution in [0.5, 0.6) is 0 Å². The van der Waals surface area contributed by atoms with Crippen molar-refractivity contribution in [3.05, 3.63) is 45.7 Å². The fourth-order valence-corrected chi connectivity index (χ4v) is 2.49. The predicted molar refractivity (Wildman–Crippen MR) is 69.9 cm³/mol. The number of amides is 3. The maximum Gasteiger partial charge on any atom is 0.336 e. The van der Waals surface area contributed by atoms with Gasteiger partial charge in [-0.05, 0) is 12.8 Å². The monoisotopic (exact) mass is 309 g/mol. The highest BCUT2D eigenvalue weighted by atomic mass is 19.1. The van der Waals surface area contributed by atoms with Crippen LogP contribution in [0.3, 0.4) is 0 Å². The van der Waals surface area contributed by atoms with Gasteiger partial charge in [-0.15, -0.1) is 0 Å². The van der Waals surface area contributed by atoms with Crippen LogP contribution >= 0.6 is 0 Å². The van der Waals surface area contributed by atoms with E-state index in [0.717, 1.165) is 0 Å². The largest absolute Gasteiger partial charge is 0.336 e. The molecule has 3 rings (SSSR count). The highest BCUT2D eigenvalue weighted by Crippen LogP contribution is 2.34. The number of carbonyl (C=O) groups is 2. The molecular weight excluding hydrogens is 300 g/mol. The summed E-state index contributed by atoms with van der Waals surface area (Å²) < 4.78 is 27.3. The van der Waals surface area contributed by atoms with E-state index < -0.39 is 39.9 Å². The summed E-state index contributed by atoms with van der Waals surface area (Å²) in [6, 6.07) is 0.0508. The third kappa shape index (κ3) is 1.93. The quantitative estimate of drug-likeness (QED) is 0.477. The van der Waals surface area contributed by atoms with Crippen LogP contribution in [-0.2, 0) is 4.79 Å². The van der Waals surface area contributed by atoms with E-state index in [0.29, 0.717) is 36.4 Å². The number of fused-ring (bicyclic) bond motifs is 1. The van der Waals surface area contributed by atoms with Crippen molar-refractivity contribution < 1.29 is 23.3 Å². The molecular formula is C13H9F2N3O4. The number of nitro groups is 1. The van der Waals surface area contributed by atoms with Gasteiger partial charge in [0.1, 0.15) is 5.70 Å². The number of urea groups is 1. The SMILES string of the molecule is O=C1C2=CCCCN2C(=O)N1c1cc([N+](=O)[O-])c(F)cc1F. The summed E-state index contributed by atoms with van der Waals surface area (Å²) in [6.45, 7) is 0.303. The van der Waals surface area contributed by atoms with Crippen molar-refractivity contribution in [2.24, 2.45) is 0 Å². The smallest absolute Gasteiger partial charge is 0.289 e. The van der Waals surface area contributed by atoms with Gasteiger partial charge in [0.05, 0.1) is 10.6 Å². The molecule has 0 spiro atoms. The van der Waals surface area contributed by atoms with E-state index in [1.807, 2.05) is 0 Å². The third-order valence-electron chi connectivity index (χ3n) is 3.51. The van der Waals surface area contributed by atoms with Gasteiger partial charge in [-0.2, -0.15) is 4.39 Å². The van der Waals surface area contributed by atoms with Crippen molar-refractivity contribution in [3.63, 3.8) is 0 Å². The first-order valence-corrected chi connectivity index (χ1v) is 6.41. The van der Waals surface area contributed by atoms with Gasteiger partial charge in [-0.1, -0.05) is 6.08 Å². The molecule has 0 aliphatic carbocycles. The summed E-state index contributed by atoms with van der Waals surface area (Å²) in [5, 5.41) is 10.7. The molecule has 7 nitrogen and oxygen atoms in total. The van der Waals surface area contributed by atoms with Crippen LogP contribution in [0.4, 0.5) is 25.0 Å². The lowest BCUT2D eigenvalue weighted by Gasteiger charge is -2.19. The lowest BCUT2D eigenvalue weighted by molar-refractivity contribution is -0.387. The third-order valence-corrected chi connectivity index (χ3v) is 3.51. The summed E-state index contributed by atoms with van der Waals surface area (Å²) >= 11 is 0. The number of rotatable bonds is 2. The van der Waals surface area contributed by atoms with Gasteiger partial charge in [0.25, 0.3) is 5.91 Å². The van der Waals surface area contributed by atoms with Crippen LogP contribution in [0.15, 0.2) is 23.9 Å². The normalized spacial score (nSPS) is 17.6. The lowest BCUT2D eigenvalue weighted by Crippen LogP contribution is -2.34.